The van der Waals surface area contributed by atoms with E-state index in [1.807, 2.05) is 51.1 Å². The summed E-state index contributed by atoms with van der Waals surface area (Å²) in [6, 6.07) is 9.43. The fraction of sp³-hybridized carbons (Fsp3) is 0.500. The first kappa shape index (κ1) is 24.0. The minimum atomic E-state index is -1.00. The summed E-state index contributed by atoms with van der Waals surface area (Å²) in [4.78, 5) is 0. The maximum absolute atomic E-state index is 11.1. The van der Waals surface area contributed by atoms with Crippen LogP contribution in [0.3, 0.4) is 0 Å². The summed E-state index contributed by atoms with van der Waals surface area (Å²) in [6.45, 7) is 6.09. The van der Waals surface area contributed by atoms with E-state index < -0.39 is 23.5 Å². The van der Waals surface area contributed by atoms with Gasteiger partial charge in [0.05, 0.1) is 13.2 Å². The molecule has 3 N–H and O–H groups in total. The molecule has 4 atom stereocenters. The average Bonchev–Trinajstić information content (AvgIpc) is 2.75. The zero-order valence-corrected chi connectivity index (χ0v) is 19.7. The van der Waals surface area contributed by atoms with E-state index in [9.17, 15) is 10.2 Å². The largest absolute Gasteiger partial charge is 0.496 e. The standard InChI is InChI=1S/C24H32ClNO5/c1-14-11-16-12-18(27)23(2,30-5)24(3,31-6)20(16)21(29-4)19(14)22(28)26-13-15-7-9-17(25)10-8-15/h7-11,18,22,26-28H,12-13H2,1-6H3. The van der Waals surface area contributed by atoms with E-state index in [0.717, 1.165) is 22.3 Å². The van der Waals surface area contributed by atoms with Crippen molar-refractivity contribution >= 4 is 11.6 Å². The third-order valence-electron chi connectivity index (χ3n) is 6.80. The normalized spacial score (nSPS) is 26.4. The van der Waals surface area contributed by atoms with Gasteiger partial charge >= 0.3 is 0 Å². The molecule has 0 fully saturated rings. The van der Waals surface area contributed by atoms with Gasteiger partial charge in [0.1, 0.15) is 23.2 Å². The predicted molar refractivity (Wildman–Crippen MR) is 120 cm³/mol. The van der Waals surface area contributed by atoms with E-state index in [1.54, 1.807) is 21.3 Å². The van der Waals surface area contributed by atoms with Crippen LogP contribution < -0.4 is 10.1 Å². The molecule has 0 spiro atoms. The highest BCUT2D eigenvalue weighted by molar-refractivity contribution is 6.30. The third kappa shape index (κ3) is 3.97. The van der Waals surface area contributed by atoms with Crippen molar-refractivity contribution in [2.75, 3.05) is 21.3 Å². The number of benzene rings is 2. The number of nitrogens with one attached hydrogen (secondary N) is 1. The maximum atomic E-state index is 11.1. The van der Waals surface area contributed by atoms with Crippen LogP contribution in [0.25, 0.3) is 0 Å². The molecule has 1 aliphatic carbocycles. The van der Waals surface area contributed by atoms with Crippen molar-refractivity contribution in [3.05, 3.63) is 63.2 Å². The van der Waals surface area contributed by atoms with Crippen molar-refractivity contribution in [2.45, 2.75) is 57.3 Å². The van der Waals surface area contributed by atoms with Crippen molar-refractivity contribution in [1.29, 1.82) is 0 Å². The lowest BCUT2D eigenvalue weighted by Gasteiger charge is -2.52. The van der Waals surface area contributed by atoms with E-state index in [2.05, 4.69) is 5.32 Å². The number of aliphatic hydroxyl groups excluding tert-OH is 2. The highest BCUT2D eigenvalue weighted by Crippen LogP contribution is 2.52. The van der Waals surface area contributed by atoms with E-state index >= 15 is 0 Å². The molecular formula is C24H32ClNO5. The topological polar surface area (TPSA) is 80.2 Å². The number of hydrogen-bond acceptors (Lipinski definition) is 6. The van der Waals surface area contributed by atoms with Crippen LogP contribution in [0.4, 0.5) is 0 Å². The Balaban J connectivity index is 2.06. The van der Waals surface area contributed by atoms with Crippen molar-refractivity contribution in [3.8, 4) is 5.75 Å². The van der Waals surface area contributed by atoms with Gasteiger partial charge in [0.25, 0.3) is 0 Å². The Labute approximate surface area is 189 Å². The Morgan fingerprint density at radius 3 is 2.35 bits per heavy atom. The second-order valence-corrected chi connectivity index (χ2v) is 8.79. The minimum absolute atomic E-state index is 0.393. The number of aliphatic hydroxyl groups is 2. The molecule has 7 heteroatoms. The van der Waals surface area contributed by atoms with Gasteiger partial charge in [0.15, 0.2) is 0 Å². The van der Waals surface area contributed by atoms with Crippen LogP contribution in [0.1, 0.15) is 47.9 Å². The fourth-order valence-corrected chi connectivity index (χ4v) is 4.76. The van der Waals surface area contributed by atoms with Gasteiger partial charge in [-0.2, -0.15) is 0 Å². The molecule has 0 saturated carbocycles. The Morgan fingerprint density at radius 2 is 1.81 bits per heavy atom. The molecule has 0 aliphatic heterocycles. The predicted octanol–water partition coefficient (Wildman–Crippen LogP) is 3.62. The van der Waals surface area contributed by atoms with Crippen molar-refractivity contribution in [1.82, 2.24) is 5.32 Å². The Bertz CT molecular complexity index is 935. The zero-order chi connectivity index (χ0) is 23.0. The summed E-state index contributed by atoms with van der Waals surface area (Å²) in [5.41, 5.74) is 2.17. The van der Waals surface area contributed by atoms with Gasteiger partial charge in [-0.3, -0.25) is 5.32 Å². The summed E-state index contributed by atoms with van der Waals surface area (Å²) in [7, 11) is 4.73. The van der Waals surface area contributed by atoms with Crippen LogP contribution in [0.2, 0.25) is 5.02 Å². The summed E-state index contributed by atoms with van der Waals surface area (Å²) in [5.74, 6) is 0.533. The van der Waals surface area contributed by atoms with Gasteiger partial charge in [-0.1, -0.05) is 29.8 Å². The molecule has 2 aromatic rings. The molecule has 0 aromatic heterocycles. The monoisotopic (exact) mass is 449 g/mol. The lowest BCUT2D eigenvalue weighted by atomic mass is 9.67. The molecule has 4 unspecified atom stereocenters. The summed E-state index contributed by atoms with van der Waals surface area (Å²) < 4.78 is 17.6. The summed E-state index contributed by atoms with van der Waals surface area (Å²) in [6.07, 6.45) is -1.35. The van der Waals surface area contributed by atoms with Gasteiger partial charge < -0.3 is 24.4 Å². The SMILES string of the molecule is COc1c(C(O)NCc2ccc(Cl)cc2)c(C)cc2c1C(C)(OC)C(C)(OC)C(O)C2. The van der Waals surface area contributed by atoms with Gasteiger partial charge in [0.2, 0.25) is 0 Å². The lowest BCUT2D eigenvalue weighted by Crippen LogP contribution is -2.61. The molecule has 6 nitrogen and oxygen atoms in total. The van der Waals surface area contributed by atoms with Crippen molar-refractivity contribution in [2.24, 2.45) is 0 Å². The van der Waals surface area contributed by atoms with Crippen LogP contribution >= 0.6 is 11.6 Å². The molecule has 1 aliphatic rings. The van der Waals surface area contributed by atoms with Crippen molar-refractivity contribution in [3.63, 3.8) is 0 Å². The first-order valence-electron chi connectivity index (χ1n) is 10.3. The molecule has 2 aromatic carbocycles. The summed E-state index contributed by atoms with van der Waals surface area (Å²) >= 11 is 5.96. The second kappa shape index (κ2) is 9.06. The second-order valence-electron chi connectivity index (χ2n) is 8.35. The number of ether oxygens (including phenoxy) is 3. The number of hydrogen-bond donors (Lipinski definition) is 3. The number of fused-ring (bicyclic) bond motifs is 1. The molecule has 0 amide bonds. The van der Waals surface area contributed by atoms with Gasteiger partial charge in [-0.25, -0.2) is 0 Å². The lowest BCUT2D eigenvalue weighted by molar-refractivity contribution is -0.225. The van der Waals surface area contributed by atoms with Crippen LogP contribution in [0.15, 0.2) is 30.3 Å². The van der Waals surface area contributed by atoms with E-state index in [-0.39, 0.29) is 0 Å². The van der Waals surface area contributed by atoms with E-state index in [0.29, 0.717) is 29.3 Å². The molecule has 170 valence electrons. The van der Waals surface area contributed by atoms with Crippen LogP contribution in [-0.4, -0.2) is 43.2 Å². The molecule has 31 heavy (non-hydrogen) atoms. The van der Waals surface area contributed by atoms with Gasteiger partial charge in [-0.15, -0.1) is 0 Å². The molecule has 0 heterocycles. The molecule has 3 rings (SSSR count). The third-order valence-corrected chi connectivity index (χ3v) is 7.06. The first-order valence-corrected chi connectivity index (χ1v) is 10.7. The Kier molecular flexibility index (Phi) is 7.01. The van der Waals surface area contributed by atoms with Gasteiger partial charge in [0, 0.05) is 43.3 Å². The van der Waals surface area contributed by atoms with Gasteiger partial charge in [-0.05, 0) is 49.6 Å². The van der Waals surface area contributed by atoms with E-state index in [4.69, 9.17) is 25.8 Å². The highest BCUT2D eigenvalue weighted by Gasteiger charge is 2.57. The maximum Gasteiger partial charge on any atom is 0.135 e. The summed E-state index contributed by atoms with van der Waals surface area (Å²) in [5, 5.41) is 25.8. The van der Waals surface area contributed by atoms with Crippen LogP contribution in [-0.2, 0) is 28.0 Å². The molecule has 0 bridgehead atoms. The smallest absolute Gasteiger partial charge is 0.135 e. The van der Waals surface area contributed by atoms with Crippen LogP contribution in [0, 0.1) is 6.92 Å². The quantitative estimate of drug-likeness (QED) is 0.560. The number of methoxy groups -OCH3 is 3. The minimum Gasteiger partial charge on any atom is -0.496 e. The zero-order valence-electron chi connectivity index (χ0n) is 19.0. The van der Waals surface area contributed by atoms with E-state index in [1.165, 1.54) is 0 Å². The fourth-order valence-electron chi connectivity index (χ4n) is 4.63. The average molecular weight is 450 g/mol. The number of rotatable bonds is 7. The Hall–Kier alpha value is -1.67. The number of aryl methyl sites for hydroxylation is 1. The molecular weight excluding hydrogens is 418 g/mol. The molecule has 0 saturated heterocycles. The molecule has 0 radical (unpaired) electrons. The highest BCUT2D eigenvalue weighted by atomic mass is 35.5. The van der Waals surface area contributed by atoms with Crippen molar-refractivity contribution < 1.29 is 24.4 Å². The van der Waals surface area contributed by atoms with Crippen LogP contribution in [0.5, 0.6) is 5.75 Å². The first-order chi connectivity index (χ1) is 14.6. The number of halogens is 1. The Morgan fingerprint density at radius 1 is 1.16 bits per heavy atom.